The lowest BCUT2D eigenvalue weighted by atomic mass is 10.1. The summed E-state index contributed by atoms with van der Waals surface area (Å²) >= 11 is 0. The third-order valence-corrected chi connectivity index (χ3v) is 7.92. The summed E-state index contributed by atoms with van der Waals surface area (Å²) in [5, 5.41) is 7.39. The number of hydrogen-bond acceptors (Lipinski definition) is 6. The molecule has 31 heavy (non-hydrogen) atoms. The summed E-state index contributed by atoms with van der Waals surface area (Å²) in [6, 6.07) is 10.1. The number of nitrogens with zero attached hydrogens (tertiary/aromatic N) is 4. The summed E-state index contributed by atoms with van der Waals surface area (Å²) in [5.74, 6) is 0.758. The van der Waals surface area contributed by atoms with Crippen LogP contribution in [0.4, 0.5) is 5.82 Å². The average molecular weight is 446 g/mol. The van der Waals surface area contributed by atoms with Gasteiger partial charge < -0.3 is 5.32 Å². The second kappa shape index (κ2) is 9.10. The number of amides is 1. The van der Waals surface area contributed by atoms with Crippen LogP contribution in [0.1, 0.15) is 29.3 Å². The van der Waals surface area contributed by atoms with Crippen LogP contribution in [0.25, 0.3) is 0 Å². The second-order valence-electron chi connectivity index (χ2n) is 8.70. The molecule has 1 N–H and O–H groups in total. The van der Waals surface area contributed by atoms with Crippen LogP contribution >= 0.6 is 0 Å². The second-order valence-corrected chi connectivity index (χ2v) is 10.9. The Bertz CT molecular complexity index is 1040. The highest BCUT2D eigenvalue weighted by atomic mass is 32.2. The van der Waals surface area contributed by atoms with Crippen molar-refractivity contribution in [2.45, 2.75) is 32.9 Å². The third kappa shape index (κ3) is 5.53. The molecular weight excluding hydrogens is 414 g/mol. The zero-order valence-electron chi connectivity index (χ0n) is 18.2. The molecule has 0 bridgehead atoms. The molecule has 2 aliphatic heterocycles. The Morgan fingerprint density at radius 3 is 2.52 bits per heavy atom. The predicted octanol–water partition coefficient (Wildman–Crippen LogP) is 1.62. The minimum atomic E-state index is -3.02. The third-order valence-electron chi connectivity index (χ3n) is 6.17. The van der Waals surface area contributed by atoms with E-state index >= 15 is 0 Å². The van der Waals surface area contributed by atoms with E-state index in [9.17, 15) is 13.2 Å². The minimum Gasteiger partial charge on any atom is -0.310 e. The Morgan fingerprint density at radius 2 is 1.84 bits per heavy atom. The maximum absolute atomic E-state index is 12.7. The number of aromatic nitrogens is 2. The van der Waals surface area contributed by atoms with E-state index in [1.165, 1.54) is 11.1 Å². The topological polar surface area (TPSA) is 87.5 Å². The molecule has 1 atom stereocenters. The molecule has 1 aromatic heterocycles. The van der Waals surface area contributed by atoms with E-state index < -0.39 is 9.84 Å². The first-order valence-electron chi connectivity index (χ1n) is 10.8. The molecule has 0 aliphatic carbocycles. The Morgan fingerprint density at radius 1 is 1.13 bits per heavy atom. The number of sulfone groups is 1. The average Bonchev–Trinajstić information content (AvgIpc) is 3.26. The van der Waals surface area contributed by atoms with Gasteiger partial charge in [-0.25, -0.2) is 13.1 Å². The first-order valence-corrected chi connectivity index (χ1v) is 12.7. The number of carbonyl (C=O) groups excluding carboxylic acids is 1. The maximum Gasteiger partial charge on any atom is 0.239 e. The molecule has 1 amide bonds. The van der Waals surface area contributed by atoms with Crippen molar-refractivity contribution in [1.82, 2.24) is 19.6 Å². The molecule has 0 radical (unpaired) electrons. The normalized spacial score (nSPS) is 21.9. The summed E-state index contributed by atoms with van der Waals surface area (Å²) in [4.78, 5) is 17.3. The summed E-state index contributed by atoms with van der Waals surface area (Å²) in [6.45, 7) is 8.81. The first-order chi connectivity index (χ1) is 14.8. The van der Waals surface area contributed by atoms with Crippen molar-refractivity contribution in [3.63, 3.8) is 0 Å². The molecule has 2 fully saturated rings. The lowest BCUT2D eigenvalue weighted by Gasteiger charge is -2.34. The fourth-order valence-corrected chi connectivity index (χ4v) is 6.07. The molecule has 0 spiro atoms. The van der Waals surface area contributed by atoms with E-state index in [1.807, 2.05) is 13.0 Å². The van der Waals surface area contributed by atoms with Crippen LogP contribution in [0.2, 0.25) is 0 Å². The zero-order valence-corrected chi connectivity index (χ0v) is 19.1. The molecule has 3 heterocycles. The summed E-state index contributed by atoms with van der Waals surface area (Å²) in [5.41, 5.74) is 3.43. The van der Waals surface area contributed by atoms with Crippen LogP contribution in [0, 0.1) is 13.8 Å². The lowest BCUT2D eigenvalue weighted by Crippen LogP contribution is -2.48. The van der Waals surface area contributed by atoms with E-state index in [0.29, 0.717) is 18.8 Å². The summed E-state index contributed by atoms with van der Waals surface area (Å²) in [7, 11) is -3.02. The molecular formula is C22H31N5O3S. The van der Waals surface area contributed by atoms with Gasteiger partial charge in [-0.2, -0.15) is 5.10 Å². The van der Waals surface area contributed by atoms with Gasteiger partial charge in [-0.1, -0.05) is 24.3 Å². The van der Waals surface area contributed by atoms with Gasteiger partial charge in [0.15, 0.2) is 9.84 Å². The van der Waals surface area contributed by atoms with Gasteiger partial charge in [0.25, 0.3) is 0 Å². The SMILES string of the molecule is Cc1cc(NC(=O)CN2CCN(Cc3ccccc3C)CC2)n(C2CCS(=O)(=O)C2)n1. The van der Waals surface area contributed by atoms with Crippen LogP contribution in [0.15, 0.2) is 30.3 Å². The number of hydrogen-bond donors (Lipinski definition) is 1. The van der Waals surface area contributed by atoms with Crippen molar-refractivity contribution in [3.8, 4) is 0 Å². The fraction of sp³-hybridized carbons (Fsp3) is 0.545. The summed E-state index contributed by atoms with van der Waals surface area (Å²) in [6.07, 6.45) is 0.537. The highest BCUT2D eigenvalue weighted by Gasteiger charge is 2.31. The minimum absolute atomic E-state index is 0.0832. The van der Waals surface area contributed by atoms with Gasteiger partial charge in [0, 0.05) is 38.8 Å². The van der Waals surface area contributed by atoms with Crippen molar-refractivity contribution < 1.29 is 13.2 Å². The highest BCUT2D eigenvalue weighted by Crippen LogP contribution is 2.27. The van der Waals surface area contributed by atoms with E-state index in [0.717, 1.165) is 38.4 Å². The van der Waals surface area contributed by atoms with Gasteiger partial charge in [0.05, 0.1) is 29.8 Å². The van der Waals surface area contributed by atoms with E-state index in [2.05, 4.69) is 51.4 Å². The van der Waals surface area contributed by atoms with E-state index in [1.54, 1.807) is 4.68 Å². The zero-order chi connectivity index (χ0) is 22.0. The highest BCUT2D eigenvalue weighted by molar-refractivity contribution is 7.91. The monoisotopic (exact) mass is 445 g/mol. The molecule has 1 aromatic carbocycles. The predicted molar refractivity (Wildman–Crippen MR) is 121 cm³/mol. The first kappa shape index (κ1) is 22.0. The number of nitrogens with one attached hydrogen (secondary N) is 1. The van der Waals surface area contributed by atoms with Crippen LogP contribution in [0.3, 0.4) is 0 Å². The van der Waals surface area contributed by atoms with Crippen LogP contribution in [0.5, 0.6) is 0 Å². The number of piperazine rings is 1. The Hall–Kier alpha value is -2.23. The number of anilines is 1. The standard InChI is InChI=1S/C22H31N5O3S/c1-17-5-3-4-6-19(17)14-25-8-10-26(11-9-25)15-22(28)23-21-13-18(2)24-27(21)20-7-12-31(29,30)16-20/h3-6,13,20H,7-12,14-16H2,1-2H3,(H,23,28). The molecule has 168 valence electrons. The van der Waals surface area contributed by atoms with E-state index in [-0.39, 0.29) is 23.5 Å². The largest absolute Gasteiger partial charge is 0.310 e. The Balaban J connectivity index is 1.29. The van der Waals surface area contributed by atoms with Gasteiger partial charge in [-0.3, -0.25) is 14.6 Å². The van der Waals surface area contributed by atoms with Crippen molar-refractivity contribution in [3.05, 3.63) is 47.2 Å². The van der Waals surface area contributed by atoms with Crippen molar-refractivity contribution >= 4 is 21.6 Å². The van der Waals surface area contributed by atoms with Gasteiger partial charge in [-0.15, -0.1) is 0 Å². The van der Waals surface area contributed by atoms with Crippen molar-refractivity contribution in [1.29, 1.82) is 0 Å². The Labute approximate surface area is 184 Å². The quantitative estimate of drug-likeness (QED) is 0.727. The number of carbonyl (C=O) groups is 1. The molecule has 1 unspecified atom stereocenters. The fourth-order valence-electron chi connectivity index (χ4n) is 4.38. The van der Waals surface area contributed by atoms with Crippen LogP contribution < -0.4 is 5.32 Å². The maximum atomic E-state index is 12.7. The number of benzene rings is 1. The van der Waals surface area contributed by atoms with Gasteiger partial charge in [0.2, 0.25) is 5.91 Å². The van der Waals surface area contributed by atoms with Crippen LogP contribution in [-0.4, -0.2) is 78.1 Å². The van der Waals surface area contributed by atoms with Gasteiger partial charge >= 0.3 is 0 Å². The van der Waals surface area contributed by atoms with Crippen molar-refractivity contribution in [2.24, 2.45) is 0 Å². The number of rotatable bonds is 6. The van der Waals surface area contributed by atoms with Gasteiger partial charge in [-0.05, 0) is 31.4 Å². The molecule has 2 aromatic rings. The van der Waals surface area contributed by atoms with Crippen LogP contribution in [-0.2, 0) is 21.2 Å². The molecule has 2 aliphatic rings. The smallest absolute Gasteiger partial charge is 0.239 e. The molecule has 4 rings (SSSR count). The molecule has 0 saturated carbocycles. The number of aryl methyl sites for hydroxylation is 2. The van der Waals surface area contributed by atoms with Gasteiger partial charge in [0.1, 0.15) is 5.82 Å². The summed E-state index contributed by atoms with van der Waals surface area (Å²) < 4.78 is 25.4. The Kier molecular flexibility index (Phi) is 6.45. The molecule has 2 saturated heterocycles. The van der Waals surface area contributed by atoms with E-state index in [4.69, 9.17) is 0 Å². The lowest BCUT2D eigenvalue weighted by molar-refractivity contribution is -0.117. The molecule has 8 nitrogen and oxygen atoms in total. The van der Waals surface area contributed by atoms with Crippen molar-refractivity contribution in [2.75, 3.05) is 49.5 Å². The molecule has 9 heteroatoms.